The minimum Gasteiger partial charge on any atom is -0.384 e. The molecule has 4 nitrogen and oxygen atoms in total. The molecule has 23 heavy (non-hydrogen) atoms. The van der Waals surface area contributed by atoms with Gasteiger partial charge >= 0.3 is 0 Å². The van der Waals surface area contributed by atoms with Gasteiger partial charge in [0.25, 0.3) is 5.91 Å². The molecule has 0 aromatic carbocycles. The van der Waals surface area contributed by atoms with Crippen molar-refractivity contribution in [3.63, 3.8) is 0 Å². The topological polar surface area (TPSA) is 32.8 Å². The maximum absolute atomic E-state index is 12.8. The van der Waals surface area contributed by atoms with Gasteiger partial charge in [-0.15, -0.1) is 11.3 Å². The van der Waals surface area contributed by atoms with Crippen molar-refractivity contribution in [1.82, 2.24) is 9.80 Å². The van der Waals surface area contributed by atoms with Crippen LogP contribution in [0.15, 0.2) is 6.07 Å². The molecule has 0 unspecified atom stereocenters. The van der Waals surface area contributed by atoms with Crippen LogP contribution in [0.5, 0.6) is 0 Å². The fourth-order valence-electron chi connectivity index (χ4n) is 4.56. The van der Waals surface area contributed by atoms with Crippen molar-refractivity contribution in [1.29, 1.82) is 0 Å². The van der Waals surface area contributed by atoms with Crippen molar-refractivity contribution in [3.05, 3.63) is 21.4 Å². The van der Waals surface area contributed by atoms with E-state index >= 15 is 0 Å². The van der Waals surface area contributed by atoms with E-state index in [0.717, 1.165) is 44.0 Å². The molecule has 1 amide bonds. The molecule has 2 aliphatic heterocycles. The van der Waals surface area contributed by atoms with E-state index in [9.17, 15) is 4.79 Å². The Morgan fingerprint density at radius 1 is 1.43 bits per heavy atom. The van der Waals surface area contributed by atoms with Crippen molar-refractivity contribution < 1.29 is 9.53 Å². The van der Waals surface area contributed by atoms with E-state index in [4.69, 9.17) is 4.74 Å². The summed E-state index contributed by atoms with van der Waals surface area (Å²) in [4.78, 5) is 19.7. The lowest BCUT2D eigenvalue weighted by Gasteiger charge is -2.58. The van der Waals surface area contributed by atoms with Crippen LogP contribution in [0.3, 0.4) is 0 Å². The molecular weight excluding hydrogens is 308 g/mol. The number of carbonyl (C=O) groups is 1. The molecule has 126 valence electrons. The Balaban J connectivity index is 1.42. The van der Waals surface area contributed by atoms with E-state index in [-0.39, 0.29) is 11.4 Å². The first-order valence-electron chi connectivity index (χ1n) is 8.72. The highest BCUT2D eigenvalue weighted by Gasteiger charge is 2.51. The van der Waals surface area contributed by atoms with Crippen LogP contribution in [0.2, 0.25) is 0 Å². The highest BCUT2D eigenvalue weighted by Crippen LogP contribution is 2.40. The number of likely N-dealkylation sites (N-methyl/N-ethyl adjacent to an activating group) is 1. The number of methoxy groups -OCH3 is 1. The molecule has 1 spiro atoms. The van der Waals surface area contributed by atoms with Crippen LogP contribution in [0, 0.1) is 5.92 Å². The molecule has 0 radical (unpaired) electrons. The monoisotopic (exact) mass is 334 g/mol. The molecule has 3 heterocycles. The fraction of sp³-hybridized carbons (Fsp3) is 0.722. The number of rotatable bonds is 3. The van der Waals surface area contributed by atoms with E-state index in [2.05, 4.69) is 18.0 Å². The van der Waals surface area contributed by atoms with Crippen LogP contribution >= 0.6 is 11.3 Å². The van der Waals surface area contributed by atoms with Crippen LogP contribution in [0.1, 0.15) is 39.4 Å². The van der Waals surface area contributed by atoms with Crippen molar-refractivity contribution in [3.8, 4) is 0 Å². The average molecular weight is 334 g/mol. The number of piperidine rings is 1. The van der Waals surface area contributed by atoms with Gasteiger partial charge in [0.2, 0.25) is 0 Å². The molecule has 1 atom stereocenters. The molecule has 2 fully saturated rings. The van der Waals surface area contributed by atoms with Crippen molar-refractivity contribution in [2.75, 3.05) is 40.4 Å². The lowest BCUT2D eigenvalue weighted by Crippen LogP contribution is -2.72. The second-order valence-electron chi connectivity index (χ2n) is 7.53. The molecule has 4 rings (SSSR count). The van der Waals surface area contributed by atoms with Crippen LogP contribution in [-0.4, -0.2) is 61.6 Å². The van der Waals surface area contributed by atoms with Gasteiger partial charge in [0.1, 0.15) is 0 Å². The zero-order valence-electron chi connectivity index (χ0n) is 14.1. The van der Waals surface area contributed by atoms with Crippen LogP contribution in [0.25, 0.3) is 0 Å². The van der Waals surface area contributed by atoms with Gasteiger partial charge in [-0.2, -0.15) is 0 Å². The number of ether oxygens (including phenoxy) is 1. The van der Waals surface area contributed by atoms with Gasteiger partial charge in [-0.3, -0.25) is 9.69 Å². The number of fused-ring (bicyclic) bond motifs is 1. The lowest BCUT2D eigenvalue weighted by atomic mass is 9.75. The lowest BCUT2D eigenvalue weighted by molar-refractivity contribution is -0.0729. The number of nitrogens with zero attached hydrogens (tertiary/aromatic N) is 2. The first-order chi connectivity index (χ1) is 11.1. The van der Waals surface area contributed by atoms with E-state index in [1.54, 1.807) is 18.4 Å². The third-order valence-electron chi connectivity index (χ3n) is 5.97. The SMILES string of the molecule is COC[C@H]1CCN(C)C2(C1)CN(C(=O)c1cc3c(s1)CCC3)C2. The van der Waals surface area contributed by atoms with E-state index in [0.29, 0.717) is 5.92 Å². The summed E-state index contributed by atoms with van der Waals surface area (Å²) >= 11 is 1.73. The zero-order chi connectivity index (χ0) is 16.0. The highest BCUT2D eigenvalue weighted by atomic mass is 32.1. The molecule has 2 saturated heterocycles. The van der Waals surface area contributed by atoms with Crippen LogP contribution in [0.4, 0.5) is 0 Å². The molecule has 0 saturated carbocycles. The summed E-state index contributed by atoms with van der Waals surface area (Å²) in [5, 5.41) is 0. The summed E-state index contributed by atoms with van der Waals surface area (Å²) in [6, 6.07) is 2.15. The Kier molecular flexibility index (Phi) is 3.98. The maximum Gasteiger partial charge on any atom is 0.264 e. The van der Waals surface area contributed by atoms with Gasteiger partial charge in [0, 0.05) is 31.7 Å². The first-order valence-corrected chi connectivity index (χ1v) is 9.54. The number of thiophene rings is 1. The Hall–Kier alpha value is -0.910. The van der Waals surface area contributed by atoms with Gasteiger partial charge in [-0.1, -0.05) is 0 Å². The second kappa shape index (κ2) is 5.87. The standard InChI is InChI=1S/C18H26N2O2S/c1-19-7-6-13(10-22-2)9-18(19)11-20(12-18)17(21)16-8-14-4-3-5-15(14)23-16/h8,13H,3-7,9-12H2,1-2H3/t13-/m0/s1. The fourth-order valence-corrected chi connectivity index (χ4v) is 5.78. The third-order valence-corrected chi connectivity index (χ3v) is 7.19. The molecular formula is C18H26N2O2S. The normalized spacial score (nSPS) is 26.3. The number of likely N-dealkylation sites (tertiary alicyclic amines) is 2. The summed E-state index contributed by atoms with van der Waals surface area (Å²) < 4.78 is 5.36. The van der Waals surface area contributed by atoms with E-state index in [1.807, 2.05) is 4.90 Å². The molecule has 0 bridgehead atoms. The number of hydrogen-bond donors (Lipinski definition) is 0. The number of hydrogen-bond acceptors (Lipinski definition) is 4. The first kappa shape index (κ1) is 15.6. The van der Waals surface area contributed by atoms with Gasteiger partial charge in [-0.05, 0) is 63.2 Å². The molecule has 0 N–H and O–H groups in total. The molecule has 1 aromatic heterocycles. The van der Waals surface area contributed by atoms with Crippen LogP contribution in [-0.2, 0) is 17.6 Å². The average Bonchev–Trinajstić information content (AvgIpc) is 3.08. The third kappa shape index (κ3) is 2.63. The summed E-state index contributed by atoms with van der Waals surface area (Å²) in [5.74, 6) is 0.885. The summed E-state index contributed by atoms with van der Waals surface area (Å²) in [6.45, 7) is 3.72. The Morgan fingerprint density at radius 3 is 3.00 bits per heavy atom. The minimum absolute atomic E-state index is 0.192. The number of aryl methyl sites for hydroxylation is 2. The van der Waals surface area contributed by atoms with E-state index in [1.165, 1.54) is 29.7 Å². The summed E-state index contributed by atoms with van der Waals surface area (Å²) in [5.41, 5.74) is 1.61. The Morgan fingerprint density at radius 2 is 2.26 bits per heavy atom. The minimum atomic E-state index is 0.192. The van der Waals surface area contributed by atoms with Gasteiger partial charge in [-0.25, -0.2) is 0 Å². The second-order valence-corrected chi connectivity index (χ2v) is 8.67. The van der Waals surface area contributed by atoms with Gasteiger partial charge in [0.05, 0.1) is 10.4 Å². The smallest absolute Gasteiger partial charge is 0.264 e. The number of carbonyl (C=O) groups excluding carboxylic acids is 1. The maximum atomic E-state index is 12.8. The van der Waals surface area contributed by atoms with Crippen molar-refractivity contribution in [2.45, 2.75) is 37.6 Å². The zero-order valence-corrected chi connectivity index (χ0v) is 15.0. The van der Waals surface area contributed by atoms with Crippen LogP contribution < -0.4 is 0 Å². The largest absolute Gasteiger partial charge is 0.384 e. The summed E-state index contributed by atoms with van der Waals surface area (Å²) in [7, 11) is 4.00. The molecule has 1 aromatic rings. The van der Waals surface area contributed by atoms with E-state index < -0.39 is 0 Å². The van der Waals surface area contributed by atoms with Gasteiger partial charge < -0.3 is 9.64 Å². The molecule has 5 heteroatoms. The quantitative estimate of drug-likeness (QED) is 0.851. The molecule has 3 aliphatic rings. The number of amides is 1. The Bertz CT molecular complexity index is 585. The Labute approximate surface area is 142 Å². The summed E-state index contributed by atoms with van der Waals surface area (Å²) in [6.07, 6.45) is 5.94. The molecule has 1 aliphatic carbocycles. The predicted molar refractivity (Wildman–Crippen MR) is 92.2 cm³/mol. The van der Waals surface area contributed by atoms with Gasteiger partial charge in [0.15, 0.2) is 0 Å². The predicted octanol–water partition coefficient (Wildman–Crippen LogP) is 2.42. The van der Waals surface area contributed by atoms with Crippen molar-refractivity contribution in [2.24, 2.45) is 5.92 Å². The van der Waals surface area contributed by atoms with Crippen molar-refractivity contribution >= 4 is 17.2 Å². The highest BCUT2D eigenvalue weighted by molar-refractivity contribution is 7.14.